The Morgan fingerprint density at radius 3 is 2.67 bits per heavy atom. The van der Waals surface area contributed by atoms with E-state index in [2.05, 4.69) is 20.5 Å². The number of anilines is 1. The largest absolute Gasteiger partial charge is 0.322 e. The number of nitrogens with one attached hydrogen (secondary N) is 2. The number of hydrogen-bond donors (Lipinski definition) is 3. The van der Waals surface area contributed by atoms with Crippen molar-refractivity contribution in [1.29, 1.82) is 0 Å². The Hall–Kier alpha value is -2.51. The maximum Gasteiger partial charge on any atom is 0.239 e. The molecule has 4 N–H and O–H groups in total. The minimum Gasteiger partial charge on any atom is -0.322 e. The second-order valence-corrected chi connectivity index (χ2v) is 5.21. The van der Waals surface area contributed by atoms with Crippen LogP contribution in [0.25, 0.3) is 22.4 Å². The predicted octanol–water partition coefficient (Wildman–Crippen LogP) is 2.10. The van der Waals surface area contributed by atoms with Crippen molar-refractivity contribution >= 4 is 22.4 Å². The number of rotatable bonds is 4. The summed E-state index contributed by atoms with van der Waals surface area (Å²) in [6.07, 6.45) is 3.62. The second-order valence-electron chi connectivity index (χ2n) is 4.35. The summed E-state index contributed by atoms with van der Waals surface area (Å²) in [6.45, 7) is -0.0473. The molecule has 0 bridgehead atoms. The third-order valence-corrected chi connectivity index (χ3v) is 3.71. The van der Waals surface area contributed by atoms with Crippen LogP contribution in [-0.2, 0) is 4.79 Å². The van der Waals surface area contributed by atoms with Gasteiger partial charge in [-0.1, -0.05) is 24.3 Å². The fraction of sp³-hybridized carbons (Fsp3) is 0.0714. The minimum absolute atomic E-state index is 0.0473. The molecule has 21 heavy (non-hydrogen) atoms. The molecular formula is C14H13N5OS. The zero-order valence-corrected chi connectivity index (χ0v) is 11.9. The second kappa shape index (κ2) is 5.86. The quantitative estimate of drug-likeness (QED) is 0.687. The number of aromatic amines is 1. The Kier molecular flexibility index (Phi) is 3.76. The van der Waals surface area contributed by atoms with Crippen LogP contribution in [-0.4, -0.2) is 27.6 Å². The van der Waals surface area contributed by atoms with Crippen molar-refractivity contribution < 1.29 is 4.79 Å². The van der Waals surface area contributed by atoms with Gasteiger partial charge in [0.1, 0.15) is 0 Å². The molecule has 0 aliphatic rings. The summed E-state index contributed by atoms with van der Waals surface area (Å²) in [5.41, 5.74) is 9.20. The minimum atomic E-state index is -0.244. The molecule has 2 heterocycles. The molecule has 6 nitrogen and oxygen atoms in total. The van der Waals surface area contributed by atoms with Crippen LogP contribution in [0, 0.1) is 0 Å². The van der Waals surface area contributed by atoms with Crippen LogP contribution in [0.3, 0.4) is 0 Å². The molecular weight excluding hydrogens is 286 g/mol. The summed E-state index contributed by atoms with van der Waals surface area (Å²) < 4.78 is 0. The number of nitrogens with two attached hydrogens (primary N) is 1. The van der Waals surface area contributed by atoms with Gasteiger partial charge in [-0.3, -0.25) is 9.89 Å². The van der Waals surface area contributed by atoms with E-state index in [-0.39, 0.29) is 12.5 Å². The van der Waals surface area contributed by atoms with Gasteiger partial charge in [0, 0.05) is 22.7 Å². The van der Waals surface area contributed by atoms with Crippen molar-refractivity contribution in [1.82, 2.24) is 15.2 Å². The van der Waals surface area contributed by atoms with E-state index in [1.807, 2.05) is 35.8 Å². The highest BCUT2D eigenvalue weighted by molar-refractivity contribution is 7.14. The van der Waals surface area contributed by atoms with Gasteiger partial charge in [-0.2, -0.15) is 5.10 Å². The van der Waals surface area contributed by atoms with Crippen LogP contribution in [0.5, 0.6) is 0 Å². The molecule has 0 spiro atoms. The first-order chi connectivity index (χ1) is 10.3. The van der Waals surface area contributed by atoms with Crippen molar-refractivity contribution in [3.63, 3.8) is 0 Å². The van der Waals surface area contributed by atoms with Gasteiger partial charge in [-0.25, -0.2) is 4.98 Å². The van der Waals surface area contributed by atoms with Gasteiger partial charge in [0.2, 0.25) is 5.91 Å². The van der Waals surface area contributed by atoms with Crippen LogP contribution >= 0.6 is 11.3 Å². The van der Waals surface area contributed by atoms with E-state index >= 15 is 0 Å². The summed E-state index contributed by atoms with van der Waals surface area (Å²) >= 11 is 1.38. The van der Waals surface area contributed by atoms with Gasteiger partial charge < -0.3 is 11.1 Å². The smallest absolute Gasteiger partial charge is 0.239 e. The Labute approximate surface area is 125 Å². The van der Waals surface area contributed by atoms with Crippen LogP contribution in [0.4, 0.5) is 5.13 Å². The third kappa shape index (κ3) is 2.99. The Morgan fingerprint density at radius 1 is 1.24 bits per heavy atom. The van der Waals surface area contributed by atoms with Gasteiger partial charge in [-0.15, -0.1) is 11.3 Å². The van der Waals surface area contributed by atoms with E-state index in [1.165, 1.54) is 11.3 Å². The first-order valence-electron chi connectivity index (χ1n) is 6.31. The Morgan fingerprint density at radius 2 is 2.00 bits per heavy atom. The zero-order chi connectivity index (χ0) is 14.7. The number of amides is 1. The number of aromatic nitrogens is 3. The summed E-state index contributed by atoms with van der Waals surface area (Å²) in [6, 6.07) is 8.01. The van der Waals surface area contributed by atoms with Crippen molar-refractivity contribution in [2.45, 2.75) is 0 Å². The molecule has 0 aliphatic heterocycles. The number of carbonyl (C=O) groups is 1. The first-order valence-corrected chi connectivity index (χ1v) is 7.19. The van der Waals surface area contributed by atoms with Gasteiger partial charge in [-0.05, 0) is 5.56 Å². The van der Waals surface area contributed by atoms with Crippen molar-refractivity contribution in [2.75, 3.05) is 11.9 Å². The van der Waals surface area contributed by atoms with Crippen LogP contribution in [0.1, 0.15) is 0 Å². The summed E-state index contributed by atoms with van der Waals surface area (Å²) in [5.74, 6) is -0.244. The van der Waals surface area contributed by atoms with Crippen molar-refractivity contribution in [3.8, 4) is 22.4 Å². The number of nitrogens with zero attached hydrogens (tertiary/aromatic N) is 2. The van der Waals surface area contributed by atoms with Gasteiger partial charge in [0.05, 0.1) is 18.4 Å². The maximum absolute atomic E-state index is 11.2. The molecule has 0 unspecified atom stereocenters. The maximum atomic E-state index is 11.2. The topological polar surface area (TPSA) is 96.7 Å². The summed E-state index contributed by atoms with van der Waals surface area (Å²) in [4.78, 5) is 15.6. The lowest BCUT2D eigenvalue weighted by Gasteiger charge is -2.00. The molecule has 0 saturated carbocycles. The van der Waals surface area contributed by atoms with Crippen molar-refractivity contribution in [3.05, 3.63) is 42.0 Å². The number of benzene rings is 1. The molecule has 7 heteroatoms. The molecule has 3 aromatic rings. The number of hydrogen-bond acceptors (Lipinski definition) is 5. The Bertz CT molecular complexity index is 733. The summed E-state index contributed by atoms with van der Waals surface area (Å²) in [5, 5.41) is 11.8. The monoisotopic (exact) mass is 299 g/mol. The zero-order valence-electron chi connectivity index (χ0n) is 11.0. The lowest BCUT2D eigenvalue weighted by atomic mass is 10.1. The molecule has 0 fully saturated rings. The highest BCUT2D eigenvalue weighted by Gasteiger charge is 2.07. The number of H-pyrrole nitrogens is 1. The van der Waals surface area contributed by atoms with E-state index in [9.17, 15) is 4.79 Å². The van der Waals surface area contributed by atoms with E-state index < -0.39 is 0 Å². The molecule has 1 aromatic carbocycles. The van der Waals surface area contributed by atoms with Crippen molar-refractivity contribution in [2.24, 2.45) is 5.73 Å². The van der Waals surface area contributed by atoms with E-state index in [1.54, 1.807) is 6.20 Å². The molecule has 0 saturated heterocycles. The normalized spacial score (nSPS) is 10.5. The highest BCUT2D eigenvalue weighted by Crippen LogP contribution is 2.27. The predicted molar refractivity (Wildman–Crippen MR) is 82.8 cm³/mol. The molecule has 1 amide bonds. The molecule has 0 radical (unpaired) electrons. The standard InChI is InChI=1S/C14H13N5OS/c15-5-13(20)19-14-18-12(8-21-14)10-3-1-9(2-4-10)11-6-16-17-7-11/h1-4,6-8H,5,15H2,(H,16,17)(H,18,19,20). The third-order valence-electron chi connectivity index (χ3n) is 2.95. The van der Waals surface area contributed by atoms with Gasteiger partial charge in [0.25, 0.3) is 0 Å². The fourth-order valence-electron chi connectivity index (χ4n) is 1.88. The lowest BCUT2D eigenvalue weighted by Crippen LogP contribution is -2.21. The first kappa shape index (κ1) is 13.5. The van der Waals surface area contributed by atoms with Gasteiger partial charge >= 0.3 is 0 Å². The average Bonchev–Trinajstić information content (AvgIpc) is 3.19. The highest BCUT2D eigenvalue weighted by atomic mass is 32.1. The van der Waals surface area contributed by atoms with Gasteiger partial charge in [0.15, 0.2) is 5.13 Å². The van der Waals surface area contributed by atoms with E-state index in [0.717, 1.165) is 22.4 Å². The van der Waals surface area contributed by atoms with Crippen LogP contribution < -0.4 is 11.1 Å². The summed E-state index contributed by atoms with van der Waals surface area (Å²) in [7, 11) is 0. The fourth-order valence-corrected chi connectivity index (χ4v) is 2.61. The Balaban J connectivity index is 1.79. The SMILES string of the molecule is NCC(=O)Nc1nc(-c2ccc(-c3cn[nH]c3)cc2)cs1. The molecule has 0 atom stereocenters. The molecule has 2 aromatic heterocycles. The number of thiazole rings is 1. The van der Waals surface area contributed by atoms with E-state index in [0.29, 0.717) is 5.13 Å². The van der Waals surface area contributed by atoms with E-state index in [4.69, 9.17) is 5.73 Å². The van der Waals surface area contributed by atoms with Crippen LogP contribution in [0.2, 0.25) is 0 Å². The molecule has 106 valence electrons. The molecule has 0 aliphatic carbocycles. The average molecular weight is 299 g/mol. The number of carbonyl (C=O) groups excluding carboxylic acids is 1. The van der Waals surface area contributed by atoms with Crippen LogP contribution in [0.15, 0.2) is 42.0 Å². The molecule has 3 rings (SSSR count). The lowest BCUT2D eigenvalue weighted by molar-refractivity contribution is -0.114.